The van der Waals surface area contributed by atoms with Crippen LogP contribution in [0.3, 0.4) is 0 Å². The van der Waals surface area contributed by atoms with Crippen molar-refractivity contribution in [1.82, 2.24) is 9.03 Å². The summed E-state index contributed by atoms with van der Waals surface area (Å²) in [6.45, 7) is 10.7. The third-order valence-corrected chi connectivity index (χ3v) is 9.56. The lowest BCUT2D eigenvalue weighted by Crippen LogP contribution is -2.49. The minimum Gasteiger partial charge on any atom is -0.215 e. The van der Waals surface area contributed by atoms with E-state index >= 15 is 0 Å². The molecule has 0 heterocycles. The van der Waals surface area contributed by atoms with Gasteiger partial charge in [-0.2, -0.15) is 4.31 Å². The molecular formula is C17H36N2O4S2. The second kappa shape index (κ2) is 8.23. The molecule has 0 spiro atoms. The molecule has 6 nitrogen and oxygen atoms in total. The van der Waals surface area contributed by atoms with Crippen LogP contribution in [0.25, 0.3) is 0 Å². The molecule has 0 radical (unpaired) electrons. The SMILES string of the molecule is CC(C)(C)S(=O)(=O)NCCCN(C1CCCCC1)S(=O)(=O)C(C)(C)C. The van der Waals surface area contributed by atoms with Gasteiger partial charge < -0.3 is 0 Å². The number of nitrogens with one attached hydrogen (secondary N) is 1. The molecular weight excluding hydrogens is 360 g/mol. The summed E-state index contributed by atoms with van der Waals surface area (Å²) in [7, 11) is -6.83. The Labute approximate surface area is 154 Å². The molecule has 1 N–H and O–H groups in total. The predicted octanol–water partition coefficient (Wildman–Crippen LogP) is 2.86. The highest BCUT2D eigenvalue weighted by atomic mass is 32.2. The van der Waals surface area contributed by atoms with Crippen LogP contribution in [0.15, 0.2) is 0 Å². The van der Waals surface area contributed by atoms with Crippen LogP contribution in [-0.4, -0.2) is 49.8 Å². The zero-order chi connectivity index (χ0) is 19.5. The van der Waals surface area contributed by atoms with Gasteiger partial charge in [0, 0.05) is 19.1 Å². The van der Waals surface area contributed by atoms with Gasteiger partial charge in [0.2, 0.25) is 20.0 Å². The number of rotatable bonds is 7. The second-order valence-electron chi connectivity index (χ2n) is 8.88. The van der Waals surface area contributed by atoms with Crippen molar-refractivity contribution in [1.29, 1.82) is 0 Å². The maximum absolute atomic E-state index is 13.0. The molecule has 1 fully saturated rings. The molecule has 0 amide bonds. The van der Waals surface area contributed by atoms with Crippen molar-refractivity contribution in [2.24, 2.45) is 0 Å². The van der Waals surface area contributed by atoms with E-state index in [1.54, 1.807) is 45.8 Å². The molecule has 0 unspecified atom stereocenters. The smallest absolute Gasteiger partial charge is 0.215 e. The van der Waals surface area contributed by atoms with Crippen LogP contribution in [0.4, 0.5) is 0 Å². The fourth-order valence-electron chi connectivity index (χ4n) is 2.88. The summed E-state index contributed by atoms with van der Waals surface area (Å²) in [5.74, 6) is 0. The maximum atomic E-state index is 13.0. The van der Waals surface area contributed by atoms with Gasteiger partial charge >= 0.3 is 0 Å². The maximum Gasteiger partial charge on any atom is 0.219 e. The number of hydrogen-bond acceptors (Lipinski definition) is 4. The van der Waals surface area contributed by atoms with Crippen molar-refractivity contribution in [2.45, 2.75) is 95.6 Å². The molecule has 1 aliphatic carbocycles. The van der Waals surface area contributed by atoms with E-state index in [9.17, 15) is 16.8 Å². The minimum absolute atomic E-state index is 0.0391. The van der Waals surface area contributed by atoms with Gasteiger partial charge in [-0.3, -0.25) is 0 Å². The average molecular weight is 397 g/mol. The van der Waals surface area contributed by atoms with Crippen LogP contribution in [0.5, 0.6) is 0 Å². The highest BCUT2D eigenvalue weighted by molar-refractivity contribution is 7.91. The van der Waals surface area contributed by atoms with Crippen molar-refractivity contribution >= 4 is 20.0 Å². The van der Waals surface area contributed by atoms with Gasteiger partial charge in [0.25, 0.3) is 0 Å². The summed E-state index contributed by atoms with van der Waals surface area (Å²) in [5, 5.41) is 0. The number of hydrogen-bond donors (Lipinski definition) is 1. The van der Waals surface area contributed by atoms with E-state index in [4.69, 9.17) is 0 Å². The summed E-state index contributed by atoms with van der Waals surface area (Å²) in [6, 6.07) is 0.0391. The Morgan fingerprint density at radius 2 is 1.40 bits per heavy atom. The highest BCUT2D eigenvalue weighted by Crippen LogP contribution is 2.29. The summed E-state index contributed by atoms with van der Waals surface area (Å²) < 4.78 is 52.7. The van der Waals surface area contributed by atoms with Crippen molar-refractivity contribution < 1.29 is 16.8 Å². The molecule has 1 aliphatic rings. The Balaban J connectivity index is 2.79. The molecule has 0 aromatic carbocycles. The molecule has 0 aromatic heterocycles. The van der Waals surface area contributed by atoms with E-state index in [1.165, 1.54) is 0 Å². The van der Waals surface area contributed by atoms with Crippen molar-refractivity contribution in [3.63, 3.8) is 0 Å². The summed E-state index contributed by atoms with van der Waals surface area (Å²) in [6.07, 6.45) is 5.52. The van der Waals surface area contributed by atoms with Gasteiger partial charge in [0.05, 0.1) is 9.49 Å². The first-order chi connectivity index (χ1) is 11.2. The Kier molecular flexibility index (Phi) is 7.53. The number of sulfonamides is 2. The van der Waals surface area contributed by atoms with E-state index in [1.807, 2.05) is 0 Å². The fraction of sp³-hybridized carbons (Fsp3) is 1.00. The first-order valence-corrected chi connectivity index (χ1v) is 12.1. The molecule has 150 valence electrons. The van der Waals surface area contributed by atoms with Crippen molar-refractivity contribution in [2.75, 3.05) is 13.1 Å². The van der Waals surface area contributed by atoms with E-state index in [0.717, 1.165) is 32.1 Å². The topological polar surface area (TPSA) is 83.6 Å². The van der Waals surface area contributed by atoms with Crippen LogP contribution >= 0.6 is 0 Å². The van der Waals surface area contributed by atoms with Gasteiger partial charge in [-0.05, 0) is 60.8 Å². The van der Waals surface area contributed by atoms with Gasteiger partial charge in [-0.25, -0.2) is 21.6 Å². The van der Waals surface area contributed by atoms with Gasteiger partial charge in [-0.1, -0.05) is 19.3 Å². The van der Waals surface area contributed by atoms with Crippen LogP contribution in [-0.2, 0) is 20.0 Å². The van der Waals surface area contributed by atoms with E-state index < -0.39 is 29.5 Å². The molecule has 0 atom stereocenters. The van der Waals surface area contributed by atoms with Crippen molar-refractivity contribution in [3.8, 4) is 0 Å². The van der Waals surface area contributed by atoms with Gasteiger partial charge in [0.1, 0.15) is 0 Å². The third kappa shape index (κ3) is 5.91. The van der Waals surface area contributed by atoms with Gasteiger partial charge in [-0.15, -0.1) is 0 Å². The first kappa shape index (κ1) is 22.9. The lowest BCUT2D eigenvalue weighted by molar-refractivity contribution is 0.246. The molecule has 0 bridgehead atoms. The van der Waals surface area contributed by atoms with Crippen LogP contribution in [0, 0.1) is 0 Å². The zero-order valence-corrected chi connectivity index (χ0v) is 18.3. The lowest BCUT2D eigenvalue weighted by Gasteiger charge is -2.37. The van der Waals surface area contributed by atoms with Crippen LogP contribution in [0.2, 0.25) is 0 Å². The quantitative estimate of drug-likeness (QED) is 0.671. The van der Waals surface area contributed by atoms with Crippen LogP contribution in [0.1, 0.15) is 80.1 Å². The van der Waals surface area contributed by atoms with E-state index in [0.29, 0.717) is 13.0 Å². The van der Waals surface area contributed by atoms with E-state index in [2.05, 4.69) is 4.72 Å². The largest absolute Gasteiger partial charge is 0.219 e. The molecule has 1 saturated carbocycles. The Morgan fingerprint density at radius 3 is 1.84 bits per heavy atom. The lowest BCUT2D eigenvalue weighted by atomic mass is 9.95. The second-order valence-corrected chi connectivity index (χ2v) is 14.0. The summed E-state index contributed by atoms with van der Waals surface area (Å²) >= 11 is 0. The summed E-state index contributed by atoms with van der Waals surface area (Å²) in [5.41, 5.74) is 0. The normalized spacial score (nSPS) is 18.7. The van der Waals surface area contributed by atoms with Crippen LogP contribution < -0.4 is 4.72 Å². The number of nitrogens with zero attached hydrogens (tertiary/aromatic N) is 1. The molecule has 0 aliphatic heterocycles. The molecule has 0 saturated heterocycles. The molecule has 25 heavy (non-hydrogen) atoms. The highest BCUT2D eigenvalue weighted by Gasteiger charge is 2.39. The Hall–Kier alpha value is -0.180. The Bertz CT molecular complexity index is 623. The summed E-state index contributed by atoms with van der Waals surface area (Å²) in [4.78, 5) is 0. The predicted molar refractivity (Wildman–Crippen MR) is 104 cm³/mol. The fourth-order valence-corrected chi connectivity index (χ4v) is 5.40. The average Bonchev–Trinajstić information content (AvgIpc) is 2.45. The molecule has 0 aromatic rings. The zero-order valence-electron chi connectivity index (χ0n) is 16.6. The minimum atomic E-state index is -3.43. The standard InChI is InChI=1S/C17H36N2O4S2/c1-16(2,3)24(20,21)18-13-10-14-19(15-11-8-7-9-12-15)25(22,23)17(4,5)6/h15,18H,7-14H2,1-6H3. The third-order valence-electron chi connectivity index (χ3n) is 4.72. The molecule has 8 heteroatoms. The van der Waals surface area contributed by atoms with Crippen molar-refractivity contribution in [3.05, 3.63) is 0 Å². The first-order valence-electron chi connectivity index (χ1n) is 9.21. The molecule has 1 rings (SSSR count). The Morgan fingerprint density at radius 1 is 0.880 bits per heavy atom. The van der Waals surface area contributed by atoms with E-state index in [-0.39, 0.29) is 12.6 Å². The monoisotopic (exact) mass is 396 g/mol. The van der Waals surface area contributed by atoms with Gasteiger partial charge in [0.15, 0.2) is 0 Å².